The van der Waals surface area contributed by atoms with Gasteiger partial charge < -0.3 is 10.2 Å². The van der Waals surface area contributed by atoms with Crippen LogP contribution in [0.25, 0.3) is 0 Å². The molecule has 0 aliphatic rings. The van der Waals surface area contributed by atoms with E-state index in [1.54, 1.807) is 20.8 Å². The van der Waals surface area contributed by atoms with Crippen molar-refractivity contribution in [1.82, 2.24) is 0 Å². The highest BCUT2D eigenvalue weighted by Gasteiger charge is 2.57. The molecule has 110 valence electrons. The van der Waals surface area contributed by atoms with Crippen LogP contribution in [0.1, 0.15) is 45.2 Å². The number of carboxylic acids is 2. The minimum Gasteiger partial charge on any atom is -0.480 e. The first-order valence-corrected chi connectivity index (χ1v) is 6.80. The van der Waals surface area contributed by atoms with Crippen LogP contribution in [-0.4, -0.2) is 22.2 Å². The number of aryl methyl sites for hydroxylation is 1. The minimum atomic E-state index is -1.84. The summed E-state index contributed by atoms with van der Waals surface area (Å²) in [6.45, 7) is 6.99. The molecular weight excluding hydrogens is 256 g/mol. The minimum absolute atomic E-state index is 0.0305. The van der Waals surface area contributed by atoms with Gasteiger partial charge in [-0.25, -0.2) is 0 Å². The maximum Gasteiger partial charge on any atom is 0.321 e. The molecule has 4 heteroatoms. The zero-order valence-electron chi connectivity index (χ0n) is 12.4. The van der Waals surface area contributed by atoms with Crippen LogP contribution in [-0.2, 0) is 21.4 Å². The van der Waals surface area contributed by atoms with E-state index in [0.717, 1.165) is 17.5 Å². The van der Waals surface area contributed by atoms with E-state index in [1.165, 1.54) is 0 Å². The summed E-state index contributed by atoms with van der Waals surface area (Å²) in [6, 6.07) is 7.45. The topological polar surface area (TPSA) is 74.6 Å². The van der Waals surface area contributed by atoms with Gasteiger partial charge in [0.2, 0.25) is 0 Å². The van der Waals surface area contributed by atoms with E-state index in [2.05, 4.69) is 0 Å². The lowest BCUT2D eigenvalue weighted by Crippen LogP contribution is -2.53. The monoisotopic (exact) mass is 278 g/mol. The highest BCUT2D eigenvalue weighted by molar-refractivity contribution is 6.00. The Labute approximate surface area is 119 Å². The fraction of sp³-hybridized carbons (Fsp3) is 0.500. The first kappa shape index (κ1) is 16.2. The van der Waals surface area contributed by atoms with Crippen molar-refractivity contribution in [2.24, 2.45) is 5.41 Å². The second-order valence-corrected chi connectivity index (χ2v) is 5.50. The first-order chi connectivity index (χ1) is 9.25. The van der Waals surface area contributed by atoms with Gasteiger partial charge in [0, 0.05) is 5.41 Å². The smallest absolute Gasteiger partial charge is 0.321 e. The highest BCUT2D eigenvalue weighted by atomic mass is 16.4. The van der Waals surface area contributed by atoms with Crippen LogP contribution in [0.3, 0.4) is 0 Å². The molecule has 0 fully saturated rings. The Kier molecular flexibility index (Phi) is 4.58. The van der Waals surface area contributed by atoms with Gasteiger partial charge >= 0.3 is 11.9 Å². The average Bonchev–Trinajstić information content (AvgIpc) is 2.38. The van der Waals surface area contributed by atoms with Gasteiger partial charge in [-0.2, -0.15) is 0 Å². The fourth-order valence-corrected chi connectivity index (χ4v) is 3.04. The molecule has 0 aliphatic carbocycles. The van der Waals surface area contributed by atoms with Gasteiger partial charge in [-0.05, 0) is 24.0 Å². The fourth-order valence-electron chi connectivity index (χ4n) is 3.04. The van der Waals surface area contributed by atoms with Crippen LogP contribution in [0.4, 0.5) is 0 Å². The van der Waals surface area contributed by atoms with E-state index >= 15 is 0 Å². The zero-order valence-corrected chi connectivity index (χ0v) is 12.4. The average molecular weight is 278 g/mol. The van der Waals surface area contributed by atoms with Gasteiger partial charge in [-0.15, -0.1) is 0 Å². The summed E-state index contributed by atoms with van der Waals surface area (Å²) in [4.78, 5) is 23.5. The molecule has 0 aliphatic heterocycles. The Morgan fingerprint density at radius 3 is 1.95 bits per heavy atom. The maximum absolute atomic E-state index is 11.7. The molecule has 0 bridgehead atoms. The van der Waals surface area contributed by atoms with Gasteiger partial charge in [0.05, 0.1) is 0 Å². The first-order valence-electron chi connectivity index (χ1n) is 6.80. The van der Waals surface area contributed by atoms with Gasteiger partial charge in [-0.1, -0.05) is 52.0 Å². The number of carbonyl (C=O) groups is 2. The molecule has 2 N–H and O–H groups in total. The Balaban J connectivity index is 3.60. The number of aliphatic carboxylic acids is 2. The maximum atomic E-state index is 11.7. The van der Waals surface area contributed by atoms with E-state index in [4.69, 9.17) is 0 Å². The number of hydrogen-bond donors (Lipinski definition) is 2. The van der Waals surface area contributed by atoms with E-state index in [9.17, 15) is 19.8 Å². The lowest BCUT2D eigenvalue weighted by Gasteiger charge is -2.41. The molecule has 0 aromatic heterocycles. The number of benzene rings is 1. The third-order valence-corrected chi connectivity index (χ3v) is 4.40. The summed E-state index contributed by atoms with van der Waals surface area (Å²) in [5, 5.41) is 19.1. The standard InChI is InChI=1S/C16H22O4/c1-5-11-9-7-8-10-12(11)15(3,4)16(6-2,13(17)18)14(19)20/h7-10H,5-6H2,1-4H3,(H,17,18)(H,19,20). The van der Waals surface area contributed by atoms with Gasteiger partial charge in [0.15, 0.2) is 5.41 Å². The SMILES string of the molecule is CCc1ccccc1C(C)(C)C(CC)(C(=O)O)C(=O)O. The molecule has 20 heavy (non-hydrogen) atoms. The van der Waals surface area contributed by atoms with Crippen molar-refractivity contribution in [1.29, 1.82) is 0 Å². The van der Waals surface area contributed by atoms with Crippen LogP contribution < -0.4 is 0 Å². The van der Waals surface area contributed by atoms with Crippen LogP contribution in [0.5, 0.6) is 0 Å². The van der Waals surface area contributed by atoms with Gasteiger partial charge in [-0.3, -0.25) is 9.59 Å². The summed E-state index contributed by atoms with van der Waals surface area (Å²) in [5.74, 6) is -2.58. The third-order valence-electron chi connectivity index (χ3n) is 4.40. The lowest BCUT2D eigenvalue weighted by atomic mass is 9.59. The summed E-state index contributed by atoms with van der Waals surface area (Å²) in [6.07, 6.45) is 0.765. The van der Waals surface area contributed by atoms with Crippen LogP contribution >= 0.6 is 0 Å². The lowest BCUT2D eigenvalue weighted by molar-refractivity contribution is -0.170. The van der Waals surface area contributed by atoms with Crippen LogP contribution in [0, 0.1) is 5.41 Å². The van der Waals surface area contributed by atoms with Crippen molar-refractivity contribution in [3.05, 3.63) is 35.4 Å². The van der Waals surface area contributed by atoms with Gasteiger partial charge in [0.25, 0.3) is 0 Å². The van der Waals surface area contributed by atoms with E-state index in [-0.39, 0.29) is 6.42 Å². The van der Waals surface area contributed by atoms with Crippen LogP contribution in [0.15, 0.2) is 24.3 Å². The summed E-state index contributed by atoms with van der Waals surface area (Å²) in [5.41, 5.74) is -1.07. The quantitative estimate of drug-likeness (QED) is 0.784. The number of carboxylic acid groups (broad SMARTS) is 2. The third kappa shape index (κ3) is 2.19. The summed E-state index contributed by atoms with van der Waals surface area (Å²) in [7, 11) is 0. The van der Waals surface area contributed by atoms with Gasteiger partial charge in [0.1, 0.15) is 0 Å². The second kappa shape index (κ2) is 5.65. The summed E-state index contributed by atoms with van der Waals surface area (Å²) < 4.78 is 0. The molecule has 0 heterocycles. The number of hydrogen-bond acceptors (Lipinski definition) is 2. The predicted octanol–water partition coefficient (Wildman–Crippen LogP) is 3.09. The molecule has 0 radical (unpaired) electrons. The largest absolute Gasteiger partial charge is 0.480 e. The molecule has 0 atom stereocenters. The molecule has 0 unspecified atom stereocenters. The molecule has 0 amide bonds. The van der Waals surface area contributed by atoms with Crippen molar-refractivity contribution in [2.75, 3.05) is 0 Å². The molecule has 1 aromatic rings. The van der Waals surface area contributed by atoms with E-state index < -0.39 is 22.8 Å². The zero-order chi connectivity index (χ0) is 15.6. The Bertz CT molecular complexity index is 503. The Hall–Kier alpha value is -1.84. The predicted molar refractivity (Wildman–Crippen MR) is 76.8 cm³/mol. The highest BCUT2D eigenvalue weighted by Crippen LogP contribution is 2.46. The summed E-state index contributed by atoms with van der Waals surface area (Å²) >= 11 is 0. The second-order valence-electron chi connectivity index (χ2n) is 5.50. The molecule has 0 spiro atoms. The van der Waals surface area contributed by atoms with E-state index in [1.807, 2.05) is 31.2 Å². The Morgan fingerprint density at radius 2 is 1.55 bits per heavy atom. The van der Waals surface area contributed by atoms with Crippen LogP contribution in [0.2, 0.25) is 0 Å². The normalized spacial score (nSPS) is 12.2. The molecule has 1 rings (SSSR count). The molecule has 1 aromatic carbocycles. The van der Waals surface area contributed by atoms with Crippen molar-refractivity contribution in [3.63, 3.8) is 0 Å². The number of rotatable bonds is 6. The molecule has 0 saturated carbocycles. The van der Waals surface area contributed by atoms with Crippen molar-refractivity contribution < 1.29 is 19.8 Å². The van der Waals surface area contributed by atoms with E-state index in [0.29, 0.717) is 0 Å². The van der Waals surface area contributed by atoms with Crippen molar-refractivity contribution in [3.8, 4) is 0 Å². The molecular formula is C16H22O4. The van der Waals surface area contributed by atoms with Crippen molar-refractivity contribution in [2.45, 2.75) is 46.0 Å². The Morgan fingerprint density at radius 1 is 1.05 bits per heavy atom. The molecule has 4 nitrogen and oxygen atoms in total. The molecule has 0 saturated heterocycles. The van der Waals surface area contributed by atoms with Crippen molar-refractivity contribution >= 4 is 11.9 Å².